The molecule has 128 valence electrons. The lowest BCUT2D eigenvalue weighted by atomic mass is 9.83. The first-order chi connectivity index (χ1) is 9.98. The predicted octanol–water partition coefficient (Wildman–Crippen LogP) is 5.83. The summed E-state index contributed by atoms with van der Waals surface area (Å²) in [6.45, 7) is 19.3. The topological polar surface area (TPSA) is 18.5 Å². The summed E-state index contributed by atoms with van der Waals surface area (Å²) in [5, 5.41) is 0.120. The smallest absolute Gasteiger partial charge is 0.349 e. The second-order valence-corrected chi connectivity index (χ2v) is 14.4. The minimum absolute atomic E-state index is 0.0601. The first-order valence-corrected chi connectivity index (χ1v) is 10.8. The first-order valence-electron chi connectivity index (χ1n) is 8.99. The van der Waals surface area contributed by atoms with Crippen molar-refractivity contribution in [3.63, 3.8) is 0 Å². The van der Waals surface area contributed by atoms with E-state index in [1.54, 1.807) is 0 Å². The van der Waals surface area contributed by atoms with E-state index in [0.717, 1.165) is 6.61 Å². The minimum Gasteiger partial charge on any atom is -0.390 e. The fraction of sp³-hybridized carbons (Fsp3) is 0.895. The van der Waals surface area contributed by atoms with Gasteiger partial charge in [-0.15, -0.1) is 0 Å². The predicted molar refractivity (Wildman–Crippen MR) is 96.3 cm³/mol. The third-order valence-electron chi connectivity index (χ3n) is 5.30. The molecule has 2 nitrogen and oxygen atoms in total. The molecule has 1 heterocycles. The highest BCUT2D eigenvalue weighted by Gasteiger charge is 2.60. The third-order valence-corrected chi connectivity index (χ3v) is 10.4. The molecule has 1 aliphatic carbocycles. The average molecular weight is 325 g/mol. The normalized spacial score (nSPS) is 29.8. The summed E-state index contributed by atoms with van der Waals surface area (Å²) in [5.41, 5.74) is 1.51. The molecule has 3 heteroatoms. The summed E-state index contributed by atoms with van der Waals surface area (Å²) in [6.07, 6.45) is 6.52. The van der Waals surface area contributed by atoms with Crippen molar-refractivity contribution in [2.45, 2.75) is 90.8 Å². The molecular formula is C19H36O2Si. The van der Waals surface area contributed by atoms with Crippen LogP contribution in [0.2, 0.25) is 10.1 Å². The fourth-order valence-corrected chi connectivity index (χ4v) is 9.57. The molecule has 0 aromatic heterocycles. The van der Waals surface area contributed by atoms with Crippen molar-refractivity contribution in [1.82, 2.24) is 0 Å². The van der Waals surface area contributed by atoms with Crippen molar-refractivity contribution in [2.75, 3.05) is 6.61 Å². The van der Waals surface area contributed by atoms with Crippen molar-refractivity contribution in [3.05, 3.63) is 11.6 Å². The lowest BCUT2D eigenvalue weighted by Crippen LogP contribution is -2.61. The molecular weight excluding hydrogens is 288 g/mol. The molecule has 0 saturated heterocycles. The molecule has 0 N–H and O–H groups in total. The van der Waals surface area contributed by atoms with Crippen LogP contribution in [0.3, 0.4) is 0 Å². The number of rotatable bonds is 1. The molecule has 0 unspecified atom stereocenters. The molecule has 0 aromatic rings. The van der Waals surface area contributed by atoms with E-state index in [2.05, 4.69) is 61.5 Å². The van der Waals surface area contributed by atoms with Gasteiger partial charge in [0.1, 0.15) is 0 Å². The SMILES string of the molecule is CC(C)[C@H]1O[Si](C(C)(C)C)(C(C)(C)C)OCC2=C[C@H]1CCC2. The van der Waals surface area contributed by atoms with Gasteiger partial charge in [-0.1, -0.05) is 61.5 Å². The van der Waals surface area contributed by atoms with Crippen molar-refractivity contribution in [2.24, 2.45) is 11.8 Å². The van der Waals surface area contributed by atoms with Crippen LogP contribution in [0.4, 0.5) is 0 Å². The van der Waals surface area contributed by atoms with E-state index in [0.29, 0.717) is 17.9 Å². The molecule has 2 atom stereocenters. The van der Waals surface area contributed by atoms with Crippen LogP contribution in [0, 0.1) is 11.8 Å². The zero-order valence-corrected chi connectivity index (χ0v) is 17.0. The van der Waals surface area contributed by atoms with Crippen LogP contribution >= 0.6 is 0 Å². The highest BCUT2D eigenvalue weighted by atomic mass is 28.4. The Morgan fingerprint density at radius 1 is 1.09 bits per heavy atom. The van der Waals surface area contributed by atoms with Gasteiger partial charge in [-0.3, -0.25) is 0 Å². The quantitative estimate of drug-likeness (QED) is 0.446. The highest BCUT2D eigenvalue weighted by molar-refractivity contribution is 6.73. The Morgan fingerprint density at radius 3 is 2.18 bits per heavy atom. The Kier molecular flexibility index (Phi) is 5.02. The number of hydrogen-bond donors (Lipinski definition) is 0. The van der Waals surface area contributed by atoms with Gasteiger partial charge >= 0.3 is 8.56 Å². The summed E-state index contributed by atoms with van der Waals surface area (Å²) in [7, 11) is -2.40. The third kappa shape index (κ3) is 3.22. The first kappa shape index (κ1) is 18.2. The Bertz CT molecular complexity index is 412. The summed E-state index contributed by atoms with van der Waals surface area (Å²) >= 11 is 0. The van der Waals surface area contributed by atoms with Crippen LogP contribution in [0.1, 0.15) is 74.7 Å². The molecule has 0 spiro atoms. The van der Waals surface area contributed by atoms with Gasteiger partial charge < -0.3 is 8.85 Å². The maximum absolute atomic E-state index is 7.03. The molecule has 0 aromatic carbocycles. The molecule has 0 amide bonds. The maximum Gasteiger partial charge on any atom is 0.349 e. The van der Waals surface area contributed by atoms with Crippen LogP contribution < -0.4 is 0 Å². The molecule has 22 heavy (non-hydrogen) atoms. The van der Waals surface area contributed by atoms with E-state index in [4.69, 9.17) is 8.85 Å². The van der Waals surface area contributed by atoms with Crippen LogP contribution in [-0.4, -0.2) is 21.3 Å². The van der Waals surface area contributed by atoms with Crippen molar-refractivity contribution < 1.29 is 8.85 Å². The van der Waals surface area contributed by atoms with E-state index in [9.17, 15) is 0 Å². The van der Waals surface area contributed by atoms with Crippen LogP contribution in [-0.2, 0) is 8.85 Å². The van der Waals surface area contributed by atoms with Crippen LogP contribution in [0.5, 0.6) is 0 Å². The monoisotopic (exact) mass is 324 g/mol. The van der Waals surface area contributed by atoms with Crippen LogP contribution in [0.25, 0.3) is 0 Å². The van der Waals surface area contributed by atoms with E-state index in [1.165, 1.54) is 24.8 Å². The van der Waals surface area contributed by atoms with Gasteiger partial charge in [0.15, 0.2) is 0 Å². The van der Waals surface area contributed by atoms with Crippen molar-refractivity contribution >= 4 is 8.56 Å². The maximum atomic E-state index is 7.03. The second-order valence-electron chi connectivity index (χ2n) is 9.61. The Labute approximate surface area is 138 Å². The Morgan fingerprint density at radius 2 is 1.68 bits per heavy atom. The molecule has 2 aliphatic rings. The Hall–Kier alpha value is -0.123. The molecule has 0 fully saturated rings. The molecule has 2 bridgehead atoms. The van der Waals surface area contributed by atoms with Gasteiger partial charge in [0, 0.05) is 16.0 Å². The van der Waals surface area contributed by atoms with Gasteiger partial charge in [0.2, 0.25) is 0 Å². The van der Waals surface area contributed by atoms with Gasteiger partial charge in [0.05, 0.1) is 12.7 Å². The standard InChI is InChI=1S/C19H36O2Si/c1-14(2)17-16-11-9-10-15(12-16)13-20-22(21-17,18(3,4)5)19(6,7)8/h12,14,16-17H,9-11,13H2,1-8H3/t16-,17-/m1/s1. The van der Waals surface area contributed by atoms with Crippen molar-refractivity contribution in [1.29, 1.82) is 0 Å². The lowest BCUT2D eigenvalue weighted by Gasteiger charge is -2.53. The van der Waals surface area contributed by atoms with E-state index >= 15 is 0 Å². The zero-order valence-electron chi connectivity index (χ0n) is 16.0. The van der Waals surface area contributed by atoms with E-state index in [1.807, 2.05) is 0 Å². The minimum atomic E-state index is -2.40. The lowest BCUT2D eigenvalue weighted by molar-refractivity contribution is 0.0222. The van der Waals surface area contributed by atoms with Crippen LogP contribution in [0.15, 0.2) is 11.6 Å². The second kappa shape index (κ2) is 6.07. The molecule has 0 saturated carbocycles. The summed E-state index contributed by atoms with van der Waals surface area (Å²) in [5.74, 6) is 1.10. The van der Waals surface area contributed by atoms with Gasteiger partial charge in [-0.05, 0) is 30.8 Å². The average Bonchev–Trinajstić information content (AvgIpc) is 2.34. The molecule has 2 rings (SSSR count). The van der Waals surface area contributed by atoms with Gasteiger partial charge in [0.25, 0.3) is 0 Å². The summed E-state index contributed by atoms with van der Waals surface area (Å²) in [4.78, 5) is 0. The molecule has 0 radical (unpaired) electrons. The largest absolute Gasteiger partial charge is 0.390 e. The highest BCUT2D eigenvalue weighted by Crippen LogP contribution is 2.54. The molecule has 1 aliphatic heterocycles. The Balaban J connectivity index is 2.50. The zero-order chi connectivity index (χ0) is 16.8. The number of fused-ring (bicyclic) bond motifs is 1. The van der Waals surface area contributed by atoms with Crippen molar-refractivity contribution in [3.8, 4) is 0 Å². The summed E-state index contributed by atoms with van der Waals surface area (Å²) in [6, 6.07) is 0. The number of hydrogen-bond acceptors (Lipinski definition) is 2. The summed E-state index contributed by atoms with van der Waals surface area (Å²) < 4.78 is 13.7. The fourth-order valence-electron chi connectivity index (χ4n) is 4.46. The van der Waals surface area contributed by atoms with E-state index in [-0.39, 0.29) is 10.1 Å². The van der Waals surface area contributed by atoms with Gasteiger partial charge in [-0.2, -0.15) is 0 Å². The van der Waals surface area contributed by atoms with Gasteiger partial charge in [-0.25, -0.2) is 0 Å². The van der Waals surface area contributed by atoms with E-state index < -0.39 is 8.56 Å².